The molecule has 3 aromatic rings. The van der Waals surface area contributed by atoms with Gasteiger partial charge in [-0.05, 0) is 32.4 Å². The molecule has 0 aliphatic heterocycles. The van der Waals surface area contributed by atoms with Gasteiger partial charge in [-0.15, -0.1) is 0 Å². The zero-order valence-corrected chi connectivity index (χ0v) is 16.8. The van der Waals surface area contributed by atoms with Gasteiger partial charge in [0.15, 0.2) is 5.76 Å². The molecule has 0 fully saturated rings. The molecule has 0 radical (unpaired) electrons. The monoisotopic (exact) mass is 382 g/mol. The van der Waals surface area contributed by atoms with Crippen LogP contribution in [0.2, 0.25) is 0 Å². The number of hydrogen-bond donors (Lipinski definition) is 1. The predicted octanol–water partition coefficient (Wildman–Crippen LogP) is 3.30. The summed E-state index contributed by atoms with van der Waals surface area (Å²) in [4.78, 5) is 18.3. The Hall–Kier alpha value is -3.16. The van der Waals surface area contributed by atoms with Gasteiger partial charge in [-0.1, -0.05) is 18.1 Å². The van der Waals surface area contributed by atoms with E-state index in [2.05, 4.69) is 27.5 Å². The summed E-state index contributed by atoms with van der Waals surface area (Å²) in [5, 5.41) is 11.5. The highest BCUT2D eigenvalue weighted by molar-refractivity contribution is 5.73. The Labute approximate surface area is 164 Å². The van der Waals surface area contributed by atoms with E-state index in [1.165, 1.54) is 0 Å². The molecule has 1 N–H and O–H groups in total. The van der Waals surface area contributed by atoms with Crippen molar-refractivity contribution >= 4 is 6.03 Å². The van der Waals surface area contributed by atoms with Crippen molar-refractivity contribution in [3.05, 3.63) is 53.2 Å². The van der Waals surface area contributed by atoms with Gasteiger partial charge in [-0.3, -0.25) is 9.67 Å². The summed E-state index contributed by atoms with van der Waals surface area (Å²) in [5.41, 5.74) is 4.49. The standard InChI is InChI=1S/C20H26N6O2/c1-5-10-26-15(3)17(14(2)23-26)12-22-20(27)25(4)13-16-11-19(24-28-16)18-8-6-7-9-21-18/h6-9,11H,5,10,12-13H2,1-4H3,(H,22,27). The van der Waals surface area contributed by atoms with E-state index in [4.69, 9.17) is 4.52 Å². The van der Waals surface area contributed by atoms with Crippen molar-refractivity contribution in [2.45, 2.75) is 46.8 Å². The van der Waals surface area contributed by atoms with Crippen LogP contribution in [0.25, 0.3) is 11.4 Å². The van der Waals surface area contributed by atoms with E-state index in [0.717, 1.165) is 35.6 Å². The van der Waals surface area contributed by atoms with E-state index in [0.29, 0.717) is 24.5 Å². The van der Waals surface area contributed by atoms with E-state index in [-0.39, 0.29) is 6.03 Å². The molecule has 3 aromatic heterocycles. The lowest BCUT2D eigenvalue weighted by Crippen LogP contribution is -2.36. The zero-order chi connectivity index (χ0) is 20.1. The van der Waals surface area contributed by atoms with Gasteiger partial charge in [-0.2, -0.15) is 5.10 Å². The number of amides is 2. The lowest BCUT2D eigenvalue weighted by molar-refractivity contribution is 0.200. The maximum atomic E-state index is 12.5. The van der Waals surface area contributed by atoms with Crippen LogP contribution in [0, 0.1) is 13.8 Å². The fraction of sp³-hybridized carbons (Fsp3) is 0.400. The molecule has 0 atom stereocenters. The number of nitrogens with zero attached hydrogens (tertiary/aromatic N) is 5. The van der Waals surface area contributed by atoms with E-state index in [1.54, 1.807) is 24.2 Å². The normalized spacial score (nSPS) is 10.9. The lowest BCUT2D eigenvalue weighted by Gasteiger charge is -2.16. The second-order valence-corrected chi connectivity index (χ2v) is 6.78. The SMILES string of the molecule is CCCn1nc(C)c(CNC(=O)N(C)Cc2cc(-c3ccccn3)no2)c1C. The Kier molecular flexibility index (Phi) is 6.08. The third-order valence-electron chi connectivity index (χ3n) is 4.61. The molecule has 0 aliphatic rings. The van der Waals surface area contributed by atoms with Crippen LogP contribution in [0.1, 0.15) is 36.1 Å². The molecule has 0 spiro atoms. The largest absolute Gasteiger partial charge is 0.359 e. The van der Waals surface area contributed by atoms with Gasteiger partial charge in [0.1, 0.15) is 5.69 Å². The molecule has 3 rings (SSSR count). The van der Waals surface area contributed by atoms with Gasteiger partial charge in [-0.25, -0.2) is 4.79 Å². The number of pyridine rings is 1. The Morgan fingerprint density at radius 3 is 2.82 bits per heavy atom. The molecule has 8 heteroatoms. The summed E-state index contributed by atoms with van der Waals surface area (Å²) in [6, 6.07) is 7.22. The Bertz CT molecular complexity index is 932. The van der Waals surface area contributed by atoms with Crippen molar-refractivity contribution in [3.8, 4) is 11.4 Å². The summed E-state index contributed by atoms with van der Waals surface area (Å²) >= 11 is 0. The van der Waals surface area contributed by atoms with Crippen LogP contribution in [-0.4, -0.2) is 37.9 Å². The molecule has 8 nitrogen and oxygen atoms in total. The third-order valence-corrected chi connectivity index (χ3v) is 4.61. The average Bonchev–Trinajstić information content (AvgIpc) is 3.26. The first-order valence-corrected chi connectivity index (χ1v) is 9.38. The third kappa shape index (κ3) is 4.39. The summed E-state index contributed by atoms with van der Waals surface area (Å²) in [5.74, 6) is 0.599. The zero-order valence-electron chi connectivity index (χ0n) is 16.8. The van der Waals surface area contributed by atoms with E-state index in [9.17, 15) is 4.79 Å². The van der Waals surface area contributed by atoms with Crippen molar-refractivity contribution in [1.29, 1.82) is 0 Å². The minimum atomic E-state index is -0.183. The van der Waals surface area contributed by atoms with Crippen LogP contribution in [0.15, 0.2) is 35.0 Å². The number of carbonyl (C=O) groups is 1. The maximum absolute atomic E-state index is 12.5. The topological polar surface area (TPSA) is 89.1 Å². The second-order valence-electron chi connectivity index (χ2n) is 6.78. The van der Waals surface area contributed by atoms with Gasteiger partial charge in [0.05, 0.1) is 17.9 Å². The smallest absolute Gasteiger partial charge is 0.317 e. The Morgan fingerprint density at radius 2 is 2.11 bits per heavy atom. The summed E-state index contributed by atoms with van der Waals surface area (Å²) in [7, 11) is 1.72. The highest BCUT2D eigenvalue weighted by Gasteiger charge is 2.16. The van der Waals surface area contributed by atoms with Crippen LogP contribution in [0.4, 0.5) is 4.79 Å². The van der Waals surface area contributed by atoms with Crippen LogP contribution in [-0.2, 0) is 19.6 Å². The molecular weight excluding hydrogens is 356 g/mol. The van der Waals surface area contributed by atoms with E-state index < -0.39 is 0 Å². The number of carbonyl (C=O) groups excluding carboxylic acids is 1. The lowest BCUT2D eigenvalue weighted by atomic mass is 10.2. The first kappa shape index (κ1) is 19.6. The van der Waals surface area contributed by atoms with Gasteiger partial charge in [0.25, 0.3) is 0 Å². The van der Waals surface area contributed by atoms with Crippen LogP contribution < -0.4 is 5.32 Å². The molecular formula is C20H26N6O2. The summed E-state index contributed by atoms with van der Waals surface area (Å²) in [6.45, 7) is 7.77. The van der Waals surface area contributed by atoms with Gasteiger partial charge in [0.2, 0.25) is 0 Å². The number of aromatic nitrogens is 4. The molecule has 3 heterocycles. The van der Waals surface area contributed by atoms with Crippen molar-refractivity contribution in [2.75, 3.05) is 7.05 Å². The molecule has 0 aromatic carbocycles. The molecule has 0 saturated heterocycles. The van der Waals surface area contributed by atoms with E-state index >= 15 is 0 Å². The van der Waals surface area contributed by atoms with Gasteiger partial charge in [0, 0.05) is 43.7 Å². The minimum absolute atomic E-state index is 0.183. The molecule has 0 aliphatic carbocycles. The number of hydrogen-bond acceptors (Lipinski definition) is 5. The van der Waals surface area contributed by atoms with Crippen molar-refractivity contribution in [3.63, 3.8) is 0 Å². The predicted molar refractivity (Wildman–Crippen MR) is 105 cm³/mol. The molecule has 0 unspecified atom stereocenters. The van der Waals surface area contributed by atoms with Crippen LogP contribution in [0.3, 0.4) is 0 Å². The first-order valence-electron chi connectivity index (χ1n) is 9.38. The minimum Gasteiger partial charge on any atom is -0.359 e. The Balaban J connectivity index is 1.58. The first-order chi connectivity index (χ1) is 13.5. The van der Waals surface area contributed by atoms with Gasteiger partial charge < -0.3 is 14.7 Å². The molecule has 148 valence electrons. The Morgan fingerprint density at radius 1 is 1.29 bits per heavy atom. The summed E-state index contributed by atoms with van der Waals surface area (Å²) in [6.07, 6.45) is 2.73. The highest BCUT2D eigenvalue weighted by Crippen LogP contribution is 2.17. The number of aryl methyl sites for hydroxylation is 2. The molecule has 0 bridgehead atoms. The maximum Gasteiger partial charge on any atom is 0.317 e. The fourth-order valence-electron chi connectivity index (χ4n) is 3.05. The van der Waals surface area contributed by atoms with Crippen LogP contribution in [0.5, 0.6) is 0 Å². The van der Waals surface area contributed by atoms with Crippen molar-refractivity contribution < 1.29 is 9.32 Å². The quantitative estimate of drug-likeness (QED) is 0.677. The number of rotatable bonds is 7. The highest BCUT2D eigenvalue weighted by atomic mass is 16.5. The van der Waals surface area contributed by atoms with Crippen LogP contribution >= 0.6 is 0 Å². The van der Waals surface area contributed by atoms with Gasteiger partial charge >= 0.3 is 6.03 Å². The average molecular weight is 382 g/mol. The second kappa shape index (κ2) is 8.69. The molecule has 0 saturated carbocycles. The van der Waals surface area contributed by atoms with Crippen molar-refractivity contribution in [1.82, 2.24) is 30.1 Å². The molecule has 28 heavy (non-hydrogen) atoms. The van der Waals surface area contributed by atoms with E-state index in [1.807, 2.05) is 36.7 Å². The number of urea groups is 1. The summed E-state index contributed by atoms with van der Waals surface area (Å²) < 4.78 is 7.34. The number of nitrogens with one attached hydrogen (secondary N) is 1. The molecule has 2 amide bonds. The fourth-order valence-corrected chi connectivity index (χ4v) is 3.05. The van der Waals surface area contributed by atoms with Crippen molar-refractivity contribution in [2.24, 2.45) is 0 Å².